The van der Waals surface area contributed by atoms with Crippen molar-refractivity contribution in [2.24, 2.45) is 11.7 Å². The Hall–Kier alpha value is -0.980. The van der Waals surface area contributed by atoms with E-state index in [1.807, 2.05) is 6.92 Å². The summed E-state index contributed by atoms with van der Waals surface area (Å²) in [7, 11) is 1.62. The molecular weight excluding hydrogens is 234 g/mol. The zero-order valence-electron chi connectivity index (χ0n) is 11.5. The Kier molecular flexibility index (Phi) is 6.24. The SMILES string of the molecule is CCOC(c1noc(CC(CN)OC)n1)C(C)C. The molecule has 0 aliphatic rings. The van der Waals surface area contributed by atoms with Crippen LogP contribution in [-0.2, 0) is 15.9 Å². The van der Waals surface area contributed by atoms with Gasteiger partial charge in [-0.2, -0.15) is 4.98 Å². The van der Waals surface area contributed by atoms with Gasteiger partial charge in [0.25, 0.3) is 0 Å². The van der Waals surface area contributed by atoms with Gasteiger partial charge in [0.2, 0.25) is 11.7 Å². The first-order chi connectivity index (χ1) is 8.62. The summed E-state index contributed by atoms with van der Waals surface area (Å²) in [5.41, 5.74) is 5.55. The van der Waals surface area contributed by atoms with Gasteiger partial charge in [-0.05, 0) is 12.8 Å². The van der Waals surface area contributed by atoms with Crippen LogP contribution in [0.5, 0.6) is 0 Å². The molecule has 18 heavy (non-hydrogen) atoms. The molecule has 0 bridgehead atoms. The Morgan fingerprint density at radius 3 is 2.61 bits per heavy atom. The van der Waals surface area contributed by atoms with Crippen LogP contribution in [0, 0.1) is 5.92 Å². The second-order valence-electron chi connectivity index (χ2n) is 4.46. The van der Waals surface area contributed by atoms with Gasteiger partial charge in [-0.1, -0.05) is 19.0 Å². The molecule has 0 fully saturated rings. The highest BCUT2D eigenvalue weighted by molar-refractivity contribution is 4.94. The van der Waals surface area contributed by atoms with Crippen molar-refractivity contribution in [3.63, 3.8) is 0 Å². The fourth-order valence-electron chi connectivity index (χ4n) is 1.67. The van der Waals surface area contributed by atoms with Crippen molar-refractivity contribution in [1.82, 2.24) is 10.1 Å². The maximum absolute atomic E-state index is 5.62. The minimum absolute atomic E-state index is 0.0945. The fourth-order valence-corrected chi connectivity index (χ4v) is 1.67. The molecule has 0 saturated carbocycles. The van der Waals surface area contributed by atoms with Crippen LogP contribution < -0.4 is 5.73 Å². The second-order valence-corrected chi connectivity index (χ2v) is 4.46. The third-order valence-electron chi connectivity index (χ3n) is 2.69. The molecule has 104 valence electrons. The minimum Gasteiger partial charge on any atom is -0.380 e. The second kappa shape index (κ2) is 7.45. The number of hydrogen-bond acceptors (Lipinski definition) is 6. The molecule has 6 nitrogen and oxygen atoms in total. The van der Waals surface area contributed by atoms with Gasteiger partial charge in [-0.15, -0.1) is 0 Å². The van der Waals surface area contributed by atoms with E-state index in [1.165, 1.54) is 0 Å². The number of methoxy groups -OCH3 is 1. The molecule has 2 atom stereocenters. The first-order valence-electron chi connectivity index (χ1n) is 6.29. The van der Waals surface area contributed by atoms with Crippen LogP contribution in [0.1, 0.15) is 38.6 Å². The maximum Gasteiger partial charge on any atom is 0.229 e. The predicted octanol–water partition coefficient (Wildman–Crippen LogP) is 1.32. The van der Waals surface area contributed by atoms with Crippen LogP contribution in [0.4, 0.5) is 0 Å². The topological polar surface area (TPSA) is 83.4 Å². The highest BCUT2D eigenvalue weighted by atomic mass is 16.5. The van der Waals surface area contributed by atoms with E-state index in [9.17, 15) is 0 Å². The Morgan fingerprint density at radius 2 is 2.11 bits per heavy atom. The van der Waals surface area contributed by atoms with Gasteiger partial charge >= 0.3 is 0 Å². The molecule has 0 aromatic carbocycles. The summed E-state index contributed by atoms with van der Waals surface area (Å²) < 4.78 is 16.0. The van der Waals surface area contributed by atoms with Crippen LogP contribution in [0.15, 0.2) is 4.52 Å². The van der Waals surface area contributed by atoms with Crippen LogP contribution in [0.25, 0.3) is 0 Å². The molecule has 2 unspecified atom stereocenters. The molecule has 0 radical (unpaired) electrons. The lowest BCUT2D eigenvalue weighted by Gasteiger charge is -2.16. The van der Waals surface area contributed by atoms with Crippen LogP contribution in [-0.4, -0.2) is 36.5 Å². The summed E-state index contributed by atoms with van der Waals surface area (Å²) in [6.45, 7) is 7.12. The smallest absolute Gasteiger partial charge is 0.229 e. The minimum atomic E-state index is -0.133. The van der Waals surface area contributed by atoms with E-state index < -0.39 is 0 Å². The molecule has 0 amide bonds. The molecule has 1 rings (SSSR count). The van der Waals surface area contributed by atoms with E-state index >= 15 is 0 Å². The third kappa shape index (κ3) is 4.04. The molecule has 6 heteroatoms. The van der Waals surface area contributed by atoms with Crippen LogP contribution >= 0.6 is 0 Å². The first-order valence-corrected chi connectivity index (χ1v) is 6.29. The Labute approximate surface area is 108 Å². The van der Waals surface area contributed by atoms with Gasteiger partial charge in [-0.25, -0.2) is 0 Å². The average Bonchev–Trinajstić information content (AvgIpc) is 2.80. The van der Waals surface area contributed by atoms with E-state index in [4.69, 9.17) is 19.7 Å². The van der Waals surface area contributed by atoms with Gasteiger partial charge in [0.15, 0.2) is 0 Å². The number of rotatable bonds is 8. The van der Waals surface area contributed by atoms with Crippen molar-refractivity contribution in [2.75, 3.05) is 20.3 Å². The summed E-state index contributed by atoms with van der Waals surface area (Å²) >= 11 is 0. The molecule has 1 heterocycles. The molecule has 0 aliphatic carbocycles. The van der Waals surface area contributed by atoms with Crippen molar-refractivity contribution in [2.45, 2.75) is 39.4 Å². The number of nitrogens with two attached hydrogens (primary N) is 1. The molecule has 0 aliphatic heterocycles. The molecule has 0 saturated heterocycles. The monoisotopic (exact) mass is 257 g/mol. The van der Waals surface area contributed by atoms with Crippen LogP contribution in [0.3, 0.4) is 0 Å². The lowest BCUT2D eigenvalue weighted by atomic mass is 10.1. The van der Waals surface area contributed by atoms with E-state index in [2.05, 4.69) is 24.0 Å². The summed E-state index contributed by atoms with van der Waals surface area (Å²) in [6.07, 6.45) is 0.297. The predicted molar refractivity (Wildman–Crippen MR) is 67.1 cm³/mol. The summed E-state index contributed by atoms with van der Waals surface area (Å²) in [6, 6.07) is 0. The number of ether oxygens (including phenoxy) is 2. The Morgan fingerprint density at radius 1 is 1.39 bits per heavy atom. The standard InChI is InChI=1S/C12H23N3O3/c1-5-17-11(8(2)3)12-14-10(18-15-12)6-9(7-13)16-4/h8-9,11H,5-7,13H2,1-4H3. The highest BCUT2D eigenvalue weighted by Crippen LogP contribution is 2.23. The number of nitrogens with zero attached hydrogens (tertiary/aromatic N) is 2. The number of hydrogen-bond donors (Lipinski definition) is 1. The first kappa shape index (κ1) is 15.1. The van der Waals surface area contributed by atoms with Crippen molar-refractivity contribution in [3.8, 4) is 0 Å². The van der Waals surface area contributed by atoms with Crippen molar-refractivity contribution in [3.05, 3.63) is 11.7 Å². The maximum atomic E-state index is 5.62. The van der Waals surface area contributed by atoms with Crippen molar-refractivity contribution >= 4 is 0 Å². The average molecular weight is 257 g/mol. The summed E-state index contributed by atoms with van der Waals surface area (Å²) in [5, 5.41) is 3.97. The lowest BCUT2D eigenvalue weighted by Crippen LogP contribution is -2.24. The molecule has 2 N–H and O–H groups in total. The largest absolute Gasteiger partial charge is 0.380 e. The number of aromatic nitrogens is 2. The molecule has 1 aromatic heterocycles. The lowest BCUT2D eigenvalue weighted by molar-refractivity contribution is 0.0217. The molecular formula is C12H23N3O3. The summed E-state index contributed by atoms with van der Waals surface area (Å²) in [5.74, 6) is 1.42. The fraction of sp³-hybridized carbons (Fsp3) is 0.833. The molecule has 1 aromatic rings. The Bertz CT molecular complexity index is 337. The van der Waals surface area contributed by atoms with Gasteiger partial charge in [0, 0.05) is 20.3 Å². The van der Waals surface area contributed by atoms with Gasteiger partial charge < -0.3 is 19.7 Å². The van der Waals surface area contributed by atoms with Crippen molar-refractivity contribution < 1.29 is 14.0 Å². The van der Waals surface area contributed by atoms with Gasteiger partial charge in [0.05, 0.1) is 12.5 Å². The highest BCUT2D eigenvalue weighted by Gasteiger charge is 2.23. The molecule has 0 spiro atoms. The van der Waals surface area contributed by atoms with E-state index in [-0.39, 0.29) is 12.2 Å². The van der Waals surface area contributed by atoms with E-state index in [0.717, 1.165) is 0 Å². The Balaban J connectivity index is 2.71. The van der Waals surface area contributed by atoms with E-state index in [0.29, 0.717) is 37.2 Å². The third-order valence-corrected chi connectivity index (χ3v) is 2.69. The quantitative estimate of drug-likeness (QED) is 0.756. The zero-order valence-corrected chi connectivity index (χ0v) is 11.5. The van der Waals surface area contributed by atoms with E-state index in [1.54, 1.807) is 7.11 Å². The summed E-state index contributed by atoms with van der Waals surface area (Å²) in [4.78, 5) is 4.35. The van der Waals surface area contributed by atoms with Crippen molar-refractivity contribution in [1.29, 1.82) is 0 Å². The van der Waals surface area contributed by atoms with Gasteiger partial charge in [-0.3, -0.25) is 0 Å². The normalized spacial score (nSPS) is 15.0. The van der Waals surface area contributed by atoms with Crippen LogP contribution in [0.2, 0.25) is 0 Å². The van der Waals surface area contributed by atoms with Gasteiger partial charge in [0.1, 0.15) is 6.10 Å². The zero-order chi connectivity index (χ0) is 13.5.